The topological polar surface area (TPSA) is 67.9 Å². The van der Waals surface area contributed by atoms with Gasteiger partial charge in [0.25, 0.3) is 0 Å². The van der Waals surface area contributed by atoms with Crippen LogP contribution >= 0.6 is 0 Å². The molecule has 0 radical (unpaired) electrons. The van der Waals surface area contributed by atoms with Crippen LogP contribution in [0.4, 0.5) is 0 Å². The number of hydrogen-bond donors (Lipinski definition) is 1. The Bertz CT molecular complexity index is 1700. The summed E-state index contributed by atoms with van der Waals surface area (Å²) in [6, 6.07) is 31.1. The van der Waals surface area contributed by atoms with E-state index in [1.54, 1.807) is 0 Å². The summed E-state index contributed by atoms with van der Waals surface area (Å²) >= 11 is 0. The molecule has 2 heterocycles. The van der Waals surface area contributed by atoms with Gasteiger partial charge >= 0.3 is 0 Å². The highest BCUT2D eigenvalue weighted by Gasteiger charge is 2.15. The van der Waals surface area contributed by atoms with Crippen LogP contribution in [0, 0.1) is 11.3 Å². The highest BCUT2D eigenvalue weighted by Crippen LogP contribution is 2.38. The lowest BCUT2D eigenvalue weighted by Crippen LogP contribution is -2.02. The monoisotopic (exact) mass is 441 g/mol. The van der Waals surface area contributed by atoms with Crippen molar-refractivity contribution in [1.29, 1.82) is 5.26 Å². The molecule has 0 bridgehead atoms. The number of aromatic nitrogens is 1. The Morgan fingerprint density at radius 3 is 2.50 bits per heavy atom. The van der Waals surface area contributed by atoms with E-state index < -0.39 is 0 Å². The summed E-state index contributed by atoms with van der Waals surface area (Å²) in [4.78, 5) is 0. The predicted octanol–water partition coefficient (Wildman–Crippen LogP) is 6.63. The second-order valence-corrected chi connectivity index (χ2v) is 8.64. The second kappa shape index (κ2) is 8.22. The van der Waals surface area contributed by atoms with Crippen molar-refractivity contribution >= 4 is 32.8 Å². The van der Waals surface area contributed by atoms with Gasteiger partial charge in [-0.2, -0.15) is 5.26 Å². The summed E-state index contributed by atoms with van der Waals surface area (Å²) in [7, 11) is 0. The molecule has 0 fully saturated rings. The van der Waals surface area contributed by atoms with E-state index in [1.165, 1.54) is 27.6 Å². The summed E-state index contributed by atoms with van der Waals surface area (Å²) in [5, 5.41) is 12.6. The first kappa shape index (κ1) is 20.3. The third kappa shape index (κ3) is 3.35. The normalized spacial score (nSPS) is 11.4. The van der Waals surface area contributed by atoms with Crippen LogP contribution in [0.5, 0.6) is 0 Å². The quantitative estimate of drug-likeness (QED) is 0.326. The van der Waals surface area contributed by atoms with E-state index in [2.05, 4.69) is 59.3 Å². The molecule has 0 unspecified atom stereocenters. The molecule has 4 nitrogen and oxygen atoms in total. The Balaban J connectivity index is 1.49. The molecule has 0 saturated carbocycles. The van der Waals surface area contributed by atoms with E-state index in [1.807, 2.05) is 42.5 Å². The van der Waals surface area contributed by atoms with Crippen molar-refractivity contribution in [2.24, 2.45) is 5.73 Å². The smallest absolute Gasteiger partial charge is 0.136 e. The zero-order valence-electron chi connectivity index (χ0n) is 18.7. The van der Waals surface area contributed by atoms with Gasteiger partial charge in [0.05, 0.1) is 11.6 Å². The van der Waals surface area contributed by atoms with Crippen molar-refractivity contribution in [3.63, 3.8) is 0 Å². The lowest BCUT2D eigenvalue weighted by Gasteiger charge is -2.08. The minimum Gasteiger partial charge on any atom is -0.456 e. The Morgan fingerprint density at radius 1 is 0.853 bits per heavy atom. The number of nitriles is 1. The molecule has 0 spiro atoms. The summed E-state index contributed by atoms with van der Waals surface area (Å²) in [6.45, 7) is 1.34. The van der Waals surface area contributed by atoms with Crippen molar-refractivity contribution in [2.75, 3.05) is 6.54 Å². The number of para-hydroxylation sites is 1. The van der Waals surface area contributed by atoms with Gasteiger partial charge in [-0.05, 0) is 71.6 Å². The van der Waals surface area contributed by atoms with E-state index in [-0.39, 0.29) is 0 Å². The number of hydrogen-bond acceptors (Lipinski definition) is 3. The zero-order valence-corrected chi connectivity index (χ0v) is 18.7. The van der Waals surface area contributed by atoms with Gasteiger partial charge in [-0.1, -0.05) is 48.5 Å². The Hall–Kier alpha value is -4.33. The van der Waals surface area contributed by atoms with E-state index in [9.17, 15) is 0 Å². The van der Waals surface area contributed by atoms with Crippen molar-refractivity contribution in [3.05, 3.63) is 108 Å². The van der Waals surface area contributed by atoms with Crippen LogP contribution in [0.2, 0.25) is 0 Å². The highest BCUT2D eigenvalue weighted by atomic mass is 16.3. The first-order chi connectivity index (χ1) is 16.7. The summed E-state index contributed by atoms with van der Waals surface area (Å²) in [5.74, 6) is 0. The zero-order chi connectivity index (χ0) is 23.1. The molecule has 0 aliphatic rings. The van der Waals surface area contributed by atoms with Gasteiger partial charge in [0, 0.05) is 34.4 Å². The van der Waals surface area contributed by atoms with Crippen molar-refractivity contribution < 1.29 is 4.42 Å². The molecule has 0 atom stereocenters. The van der Waals surface area contributed by atoms with Crippen LogP contribution in [-0.2, 0) is 13.0 Å². The number of rotatable bonds is 5. The minimum absolute atomic E-state index is 0.599. The molecule has 4 heteroatoms. The van der Waals surface area contributed by atoms with Crippen molar-refractivity contribution in [1.82, 2.24) is 4.57 Å². The molecule has 0 amide bonds. The number of fused-ring (bicyclic) bond motifs is 4. The Kier molecular flexibility index (Phi) is 4.91. The Labute approximate surface area is 197 Å². The average Bonchev–Trinajstić information content (AvgIpc) is 3.42. The van der Waals surface area contributed by atoms with Crippen molar-refractivity contribution in [3.8, 4) is 17.2 Å². The SMILES string of the molecule is N#Cc1ccc(Cn2cc(CCN)c3cc(-c4cccc5oc6ccccc6c45)ccc32)cc1. The van der Waals surface area contributed by atoms with E-state index >= 15 is 0 Å². The van der Waals surface area contributed by atoms with Crippen LogP contribution < -0.4 is 5.73 Å². The molecular formula is C30H23N3O. The molecule has 34 heavy (non-hydrogen) atoms. The lowest BCUT2D eigenvalue weighted by molar-refractivity contribution is 0.669. The predicted molar refractivity (Wildman–Crippen MR) is 138 cm³/mol. The highest BCUT2D eigenvalue weighted by molar-refractivity contribution is 6.12. The second-order valence-electron chi connectivity index (χ2n) is 8.64. The molecule has 6 aromatic rings. The standard InChI is InChI=1S/C30H23N3O/c31-15-14-23-19-33(18-21-10-8-20(17-32)9-11-21)27-13-12-22(16-26(23)27)24-5-3-7-29-30(24)25-4-1-2-6-28(25)34-29/h1-13,16,19H,14-15,18,31H2. The van der Waals surface area contributed by atoms with Gasteiger partial charge in [-0.3, -0.25) is 0 Å². The first-order valence-electron chi connectivity index (χ1n) is 11.5. The number of nitrogens with two attached hydrogens (primary N) is 1. The molecule has 0 aliphatic carbocycles. The largest absolute Gasteiger partial charge is 0.456 e. The fraction of sp³-hybridized carbons (Fsp3) is 0.100. The lowest BCUT2D eigenvalue weighted by atomic mass is 9.97. The molecule has 0 saturated heterocycles. The minimum atomic E-state index is 0.599. The van der Waals surface area contributed by atoms with Crippen LogP contribution in [-0.4, -0.2) is 11.1 Å². The van der Waals surface area contributed by atoms with E-state index in [0.717, 1.165) is 40.5 Å². The summed E-state index contributed by atoms with van der Waals surface area (Å²) < 4.78 is 8.39. The molecule has 164 valence electrons. The Morgan fingerprint density at radius 2 is 1.68 bits per heavy atom. The van der Waals surface area contributed by atoms with Crippen LogP contribution in [0.3, 0.4) is 0 Å². The molecular weight excluding hydrogens is 418 g/mol. The van der Waals surface area contributed by atoms with Gasteiger partial charge in [0.2, 0.25) is 0 Å². The van der Waals surface area contributed by atoms with Crippen LogP contribution in [0.1, 0.15) is 16.7 Å². The fourth-order valence-corrected chi connectivity index (χ4v) is 4.92. The van der Waals surface area contributed by atoms with Crippen LogP contribution in [0.25, 0.3) is 44.0 Å². The number of benzene rings is 4. The maximum atomic E-state index is 9.08. The summed E-state index contributed by atoms with van der Waals surface area (Å²) in [6.07, 6.45) is 3.03. The molecule has 6 rings (SSSR count). The molecule has 4 aromatic carbocycles. The molecule has 2 N–H and O–H groups in total. The van der Waals surface area contributed by atoms with Gasteiger partial charge in [0.1, 0.15) is 11.2 Å². The van der Waals surface area contributed by atoms with Crippen LogP contribution in [0.15, 0.2) is 95.5 Å². The maximum absolute atomic E-state index is 9.08. The van der Waals surface area contributed by atoms with Gasteiger partial charge in [0.15, 0.2) is 0 Å². The average molecular weight is 442 g/mol. The van der Waals surface area contributed by atoms with E-state index in [0.29, 0.717) is 12.1 Å². The third-order valence-electron chi connectivity index (χ3n) is 6.53. The molecule has 2 aromatic heterocycles. The van der Waals surface area contributed by atoms with E-state index in [4.69, 9.17) is 15.4 Å². The van der Waals surface area contributed by atoms with Gasteiger partial charge < -0.3 is 14.7 Å². The molecule has 0 aliphatic heterocycles. The fourth-order valence-electron chi connectivity index (χ4n) is 4.92. The summed E-state index contributed by atoms with van der Waals surface area (Å²) in [5.41, 5.74) is 14.4. The van der Waals surface area contributed by atoms with Gasteiger partial charge in [-0.25, -0.2) is 0 Å². The number of nitrogens with zero attached hydrogens (tertiary/aromatic N) is 2. The number of furan rings is 1. The van der Waals surface area contributed by atoms with Gasteiger partial charge in [-0.15, -0.1) is 0 Å². The maximum Gasteiger partial charge on any atom is 0.136 e. The van der Waals surface area contributed by atoms with Crippen molar-refractivity contribution in [2.45, 2.75) is 13.0 Å². The first-order valence-corrected chi connectivity index (χ1v) is 11.5. The third-order valence-corrected chi connectivity index (χ3v) is 6.53.